The quantitative estimate of drug-likeness (QED) is 0.120. The van der Waals surface area contributed by atoms with E-state index in [1.807, 2.05) is 0 Å². The van der Waals surface area contributed by atoms with Crippen LogP contribution in [0.3, 0.4) is 0 Å². The van der Waals surface area contributed by atoms with Gasteiger partial charge in [-0.15, -0.1) is 69.1 Å². The van der Waals surface area contributed by atoms with Crippen molar-refractivity contribution in [1.82, 2.24) is 0 Å². The molecule has 0 aliphatic heterocycles. The van der Waals surface area contributed by atoms with E-state index in [0.29, 0.717) is 0 Å². The largest absolute Gasteiger partial charge is 0.164 e. The average molecular weight is 844 g/mol. The van der Waals surface area contributed by atoms with Crippen LogP contribution in [-0.2, 0) is 47.5 Å². The van der Waals surface area contributed by atoms with Gasteiger partial charge in [-0.05, 0) is 43.9 Å². The maximum Gasteiger partial charge on any atom is 0.0307 e. The summed E-state index contributed by atoms with van der Waals surface area (Å²) in [5, 5.41) is 5.43. The van der Waals surface area contributed by atoms with E-state index in [4.69, 9.17) is 0 Å². The van der Waals surface area contributed by atoms with E-state index in [0.717, 1.165) is 9.52 Å². The van der Waals surface area contributed by atoms with Gasteiger partial charge < -0.3 is 0 Å². The van der Waals surface area contributed by atoms with Gasteiger partial charge in [0.25, 0.3) is 0 Å². The molecular weight excluding hydrogens is 783 g/mol. The standard InChI is InChI=1S/2C23H27.C2H6Si.Hf/c2*1-22(2,3)17-14-16-10-9-12-18(20(16)15-17)19-11-7-8-13-21(19)23(4,5)6;1-3-2;/h2*7-15H,1-6H3;1-2H3;/q2*-1;;. The first-order chi connectivity index (χ1) is 22.8. The Kier molecular flexibility index (Phi) is 13.5. The van der Waals surface area contributed by atoms with Crippen molar-refractivity contribution in [3.05, 3.63) is 131 Å². The Labute approximate surface area is 326 Å². The fourth-order valence-corrected chi connectivity index (χ4v) is 6.55. The van der Waals surface area contributed by atoms with Crippen LogP contribution in [0, 0.1) is 0 Å². The Morgan fingerprint density at radius 3 is 1.00 bits per heavy atom. The predicted molar refractivity (Wildman–Crippen MR) is 222 cm³/mol. The first kappa shape index (κ1) is 41.6. The molecule has 0 atom stereocenters. The molecule has 2 radical (unpaired) electrons. The predicted octanol–water partition coefficient (Wildman–Crippen LogP) is 14.4. The zero-order valence-electron chi connectivity index (χ0n) is 33.4. The molecule has 0 unspecified atom stereocenters. The molecule has 0 aliphatic rings. The van der Waals surface area contributed by atoms with Gasteiger partial charge in [0.15, 0.2) is 0 Å². The van der Waals surface area contributed by atoms with Gasteiger partial charge >= 0.3 is 0 Å². The third-order valence-electron chi connectivity index (χ3n) is 9.28. The summed E-state index contributed by atoms with van der Waals surface area (Å²) in [5.41, 5.74) is 11.7. The summed E-state index contributed by atoms with van der Waals surface area (Å²) >= 11 is 0. The zero-order valence-corrected chi connectivity index (χ0v) is 38.0. The smallest absolute Gasteiger partial charge is 0.0307 e. The number of hydrogen-bond donors (Lipinski definition) is 0. The maximum absolute atomic E-state index is 2.38. The molecule has 0 aromatic heterocycles. The molecule has 262 valence electrons. The summed E-state index contributed by atoms with van der Waals surface area (Å²) in [6.45, 7) is 31.7. The number of fused-ring (bicyclic) bond motifs is 2. The van der Waals surface area contributed by atoms with Crippen LogP contribution in [-0.4, -0.2) is 9.52 Å². The SMILES string of the molecule is CC(C)(C)c1cc2c(-c3ccccc3C(C)(C)C)cccc2[cH-]1.CC(C)(C)c1cc2c(-c3ccccc3C(C)(C)C)cccc2[cH-]1.C[Si]C.[Hf]. The van der Waals surface area contributed by atoms with Gasteiger partial charge in [0.1, 0.15) is 0 Å². The molecule has 50 heavy (non-hydrogen) atoms. The summed E-state index contributed by atoms with van der Waals surface area (Å²) in [4.78, 5) is 0. The topological polar surface area (TPSA) is 0 Å². The van der Waals surface area contributed by atoms with Crippen LogP contribution in [0.4, 0.5) is 0 Å². The van der Waals surface area contributed by atoms with Crippen molar-refractivity contribution in [2.75, 3.05) is 0 Å². The van der Waals surface area contributed by atoms with E-state index in [1.165, 1.54) is 66.1 Å². The Morgan fingerprint density at radius 1 is 0.400 bits per heavy atom. The van der Waals surface area contributed by atoms with Gasteiger partial charge in [-0.3, -0.25) is 0 Å². The van der Waals surface area contributed by atoms with E-state index < -0.39 is 0 Å². The molecular formula is C48H60HfSi-2. The van der Waals surface area contributed by atoms with Crippen molar-refractivity contribution in [1.29, 1.82) is 0 Å². The fourth-order valence-electron chi connectivity index (χ4n) is 6.55. The second-order valence-electron chi connectivity index (χ2n) is 17.7. The second-order valence-corrected chi connectivity index (χ2v) is 18.7. The molecule has 0 bridgehead atoms. The minimum Gasteiger partial charge on any atom is -0.164 e. The van der Waals surface area contributed by atoms with Crippen LogP contribution in [0.15, 0.2) is 109 Å². The summed E-state index contributed by atoms with van der Waals surface area (Å²) in [7, 11) is 1.08. The Balaban J connectivity index is 0.000000246. The van der Waals surface area contributed by atoms with Crippen LogP contribution in [0.1, 0.15) is 105 Å². The third kappa shape index (κ3) is 9.74. The molecule has 0 spiro atoms. The Hall–Kier alpha value is -2.81. The monoisotopic (exact) mass is 844 g/mol. The number of rotatable bonds is 2. The number of benzene rings is 4. The molecule has 0 N–H and O–H groups in total. The van der Waals surface area contributed by atoms with Crippen molar-refractivity contribution in [2.24, 2.45) is 0 Å². The zero-order chi connectivity index (χ0) is 36.4. The third-order valence-corrected chi connectivity index (χ3v) is 9.28. The molecule has 0 fully saturated rings. The molecule has 0 saturated carbocycles. The molecule has 6 aromatic rings. The molecule has 0 nitrogen and oxygen atoms in total. The first-order valence-corrected chi connectivity index (χ1v) is 20.0. The molecule has 6 rings (SSSR count). The molecule has 0 aliphatic carbocycles. The van der Waals surface area contributed by atoms with Crippen LogP contribution < -0.4 is 0 Å². The normalized spacial score (nSPS) is 12.1. The molecule has 0 amide bonds. The van der Waals surface area contributed by atoms with Crippen LogP contribution in [0.25, 0.3) is 43.8 Å². The number of hydrogen-bond acceptors (Lipinski definition) is 0. The molecule has 0 heterocycles. The maximum atomic E-state index is 2.38. The second kappa shape index (κ2) is 16.2. The molecule has 6 aromatic carbocycles. The van der Waals surface area contributed by atoms with Crippen molar-refractivity contribution in [3.63, 3.8) is 0 Å². The average Bonchev–Trinajstić information content (AvgIpc) is 3.66. The summed E-state index contributed by atoms with van der Waals surface area (Å²) in [6, 6.07) is 40.5. The molecule has 0 saturated heterocycles. The summed E-state index contributed by atoms with van der Waals surface area (Å²) in [5.74, 6) is 0. The minimum absolute atomic E-state index is 0. The van der Waals surface area contributed by atoms with Crippen LogP contribution in [0.2, 0.25) is 13.1 Å². The van der Waals surface area contributed by atoms with Gasteiger partial charge in [-0.2, -0.15) is 12.1 Å². The Bertz CT molecular complexity index is 1840. The fraction of sp³-hybridized carbons (Fsp3) is 0.375. The van der Waals surface area contributed by atoms with E-state index in [1.54, 1.807) is 0 Å². The summed E-state index contributed by atoms with van der Waals surface area (Å²) < 4.78 is 0. The van der Waals surface area contributed by atoms with Gasteiger partial charge in [0, 0.05) is 35.4 Å². The van der Waals surface area contributed by atoms with Crippen molar-refractivity contribution in [3.8, 4) is 22.3 Å². The van der Waals surface area contributed by atoms with Crippen LogP contribution >= 0.6 is 0 Å². The first-order valence-electron chi connectivity index (χ1n) is 18.0. The van der Waals surface area contributed by atoms with Crippen molar-refractivity contribution in [2.45, 2.75) is 118 Å². The Morgan fingerprint density at radius 2 is 0.700 bits per heavy atom. The van der Waals surface area contributed by atoms with Gasteiger partial charge in [0.05, 0.1) is 0 Å². The van der Waals surface area contributed by atoms with Gasteiger partial charge in [-0.1, -0.05) is 168 Å². The van der Waals surface area contributed by atoms with Crippen LogP contribution in [0.5, 0.6) is 0 Å². The van der Waals surface area contributed by atoms with E-state index >= 15 is 0 Å². The van der Waals surface area contributed by atoms with Gasteiger partial charge in [-0.25, -0.2) is 0 Å². The van der Waals surface area contributed by atoms with E-state index in [9.17, 15) is 0 Å². The van der Waals surface area contributed by atoms with Crippen molar-refractivity contribution < 1.29 is 25.8 Å². The van der Waals surface area contributed by atoms with Gasteiger partial charge in [0.2, 0.25) is 0 Å². The summed E-state index contributed by atoms with van der Waals surface area (Å²) in [6.07, 6.45) is 0. The molecule has 2 heteroatoms. The van der Waals surface area contributed by atoms with E-state index in [2.05, 4.69) is 205 Å². The van der Waals surface area contributed by atoms with E-state index in [-0.39, 0.29) is 47.5 Å². The minimum atomic E-state index is 0. The van der Waals surface area contributed by atoms with Crippen molar-refractivity contribution >= 4 is 31.1 Å².